The van der Waals surface area contributed by atoms with E-state index in [1.807, 2.05) is 13.0 Å². The average Bonchev–Trinajstić information content (AvgIpc) is 3.13. The normalized spacial score (nSPS) is 12.0. The van der Waals surface area contributed by atoms with Crippen LogP contribution in [-0.2, 0) is 4.79 Å². The maximum atomic E-state index is 11.1. The molecule has 0 saturated carbocycles. The number of pyridine rings is 1. The van der Waals surface area contributed by atoms with Gasteiger partial charge in [-0.25, -0.2) is 19.4 Å². The van der Waals surface area contributed by atoms with Gasteiger partial charge in [-0.05, 0) is 18.6 Å². The Morgan fingerprint density at radius 2 is 2.38 bits per heavy atom. The SMILES string of the molecule is CC/C(=C\c1c[nH]c2cnc(-n3cncn3)cc12)C(=O)O. The Balaban J connectivity index is 2.12. The van der Waals surface area contributed by atoms with Crippen LogP contribution in [0.3, 0.4) is 0 Å². The van der Waals surface area contributed by atoms with Gasteiger partial charge in [-0.3, -0.25) is 0 Å². The van der Waals surface area contributed by atoms with Crippen molar-refractivity contribution in [1.82, 2.24) is 24.7 Å². The van der Waals surface area contributed by atoms with Gasteiger partial charge in [0.2, 0.25) is 0 Å². The summed E-state index contributed by atoms with van der Waals surface area (Å²) in [7, 11) is 0. The molecule has 0 aliphatic heterocycles. The van der Waals surface area contributed by atoms with Gasteiger partial charge in [-0.15, -0.1) is 0 Å². The van der Waals surface area contributed by atoms with Crippen LogP contribution in [0.1, 0.15) is 18.9 Å². The van der Waals surface area contributed by atoms with E-state index in [0.29, 0.717) is 17.8 Å². The van der Waals surface area contributed by atoms with Crippen LogP contribution in [0.4, 0.5) is 0 Å². The maximum Gasteiger partial charge on any atom is 0.331 e. The number of rotatable bonds is 4. The molecule has 3 heterocycles. The average molecular weight is 283 g/mol. The van der Waals surface area contributed by atoms with Crippen LogP contribution < -0.4 is 0 Å². The number of H-pyrrole nitrogens is 1. The number of carbonyl (C=O) groups is 1. The Morgan fingerprint density at radius 3 is 3.05 bits per heavy atom. The van der Waals surface area contributed by atoms with Gasteiger partial charge in [-0.2, -0.15) is 5.10 Å². The molecule has 0 saturated heterocycles. The minimum Gasteiger partial charge on any atom is -0.478 e. The molecule has 106 valence electrons. The predicted molar refractivity (Wildman–Crippen MR) is 76.9 cm³/mol. The van der Waals surface area contributed by atoms with Crippen LogP contribution in [-0.4, -0.2) is 35.8 Å². The van der Waals surface area contributed by atoms with E-state index < -0.39 is 5.97 Å². The molecule has 3 rings (SSSR count). The largest absolute Gasteiger partial charge is 0.478 e. The molecule has 0 spiro atoms. The fraction of sp³-hybridized carbons (Fsp3) is 0.143. The number of hydrogen-bond donors (Lipinski definition) is 2. The number of aliphatic carboxylic acids is 1. The highest BCUT2D eigenvalue weighted by atomic mass is 16.4. The lowest BCUT2D eigenvalue weighted by Crippen LogP contribution is -1.99. The maximum absolute atomic E-state index is 11.1. The second-order valence-electron chi connectivity index (χ2n) is 4.50. The lowest BCUT2D eigenvalue weighted by molar-refractivity contribution is -0.132. The number of aromatic amines is 1. The van der Waals surface area contributed by atoms with Crippen LogP contribution in [0, 0.1) is 0 Å². The van der Waals surface area contributed by atoms with Gasteiger partial charge in [0.05, 0.1) is 11.7 Å². The van der Waals surface area contributed by atoms with Gasteiger partial charge in [0.1, 0.15) is 12.7 Å². The summed E-state index contributed by atoms with van der Waals surface area (Å²) in [6, 6.07) is 1.85. The van der Waals surface area contributed by atoms with Crippen molar-refractivity contribution >= 4 is 22.9 Å². The zero-order valence-electron chi connectivity index (χ0n) is 11.3. The second kappa shape index (κ2) is 5.20. The van der Waals surface area contributed by atoms with E-state index in [1.165, 1.54) is 6.33 Å². The Bertz CT molecular complexity index is 817. The minimum absolute atomic E-state index is 0.356. The van der Waals surface area contributed by atoms with Gasteiger partial charge in [-0.1, -0.05) is 6.92 Å². The van der Waals surface area contributed by atoms with E-state index in [0.717, 1.165) is 16.5 Å². The minimum atomic E-state index is -0.905. The third-order valence-electron chi connectivity index (χ3n) is 3.22. The molecule has 0 radical (unpaired) electrons. The summed E-state index contributed by atoms with van der Waals surface area (Å²) in [5, 5.41) is 14.1. The lowest BCUT2D eigenvalue weighted by atomic mass is 10.1. The third-order valence-corrected chi connectivity index (χ3v) is 3.22. The number of hydrogen-bond acceptors (Lipinski definition) is 4. The van der Waals surface area contributed by atoms with Crippen molar-refractivity contribution in [3.05, 3.63) is 42.3 Å². The van der Waals surface area contributed by atoms with Crippen molar-refractivity contribution in [3.63, 3.8) is 0 Å². The molecule has 2 N–H and O–H groups in total. The number of nitrogens with one attached hydrogen (secondary N) is 1. The number of carboxylic acids is 1. The Kier molecular flexibility index (Phi) is 3.23. The predicted octanol–water partition coefficient (Wildman–Crippen LogP) is 2.02. The van der Waals surface area contributed by atoms with E-state index in [2.05, 4.69) is 20.1 Å². The Hall–Kier alpha value is -2.96. The van der Waals surface area contributed by atoms with E-state index in [-0.39, 0.29) is 0 Å². The lowest BCUT2D eigenvalue weighted by Gasteiger charge is -2.01. The van der Waals surface area contributed by atoms with Gasteiger partial charge in [0.25, 0.3) is 0 Å². The molecule has 0 aliphatic carbocycles. The Morgan fingerprint density at radius 1 is 1.52 bits per heavy atom. The van der Waals surface area contributed by atoms with Gasteiger partial charge in [0.15, 0.2) is 5.82 Å². The van der Waals surface area contributed by atoms with Gasteiger partial charge >= 0.3 is 5.97 Å². The highest BCUT2D eigenvalue weighted by Crippen LogP contribution is 2.22. The number of nitrogens with zero attached hydrogens (tertiary/aromatic N) is 4. The molecule has 3 aromatic rings. The van der Waals surface area contributed by atoms with Gasteiger partial charge < -0.3 is 10.1 Å². The smallest absolute Gasteiger partial charge is 0.331 e. The van der Waals surface area contributed by atoms with E-state index >= 15 is 0 Å². The fourth-order valence-corrected chi connectivity index (χ4v) is 2.11. The first-order valence-electron chi connectivity index (χ1n) is 6.45. The number of fused-ring (bicyclic) bond motifs is 1. The summed E-state index contributed by atoms with van der Waals surface area (Å²) in [4.78, 5) is 22.4. The fourth-order valence-electron chi connectivity index (χ4n) is 2.11. The molecule has 3 aromatic heterocycles. The quantitative estimate of drug-likeness (QED) is 0.714. The van der Waals surface area contributed by atoms with Crippen LogP contribution in [0.15, 0.2) is 36.7 Å². The van der Waals surface area contributed by atoms with Crippen molar-refractivity contribution in [3.8, 4) is 5.82 Å². The van der Waals surface area contributed by atoms with Gasteiger partial charge in [0, 0.05) is 22.7 Å². The second-order valence-corrected chi connectivity index (χ2v) is 4.50. The first-order chi connectivity index (χ1) is 10.2. The zero-order valence-corrected chi connectivity index (χ0v) is 11.3. The molecule has 0 aliphatic rings. The molecular weight excluding hydrogens is 270 g/mol. The summed E-state index contributed by atoms with van der Waals surface area (Å²) in [5.74, 6) is -0.278. The molecule has 0 aromatic carbocycles. The number of aromatic nitrogens is 5. The molecular formula is C14H13N5O2. The molecule has 7 nitrogen and oxygen atoms in total. The summed E-state index contributed by atoms with van der Waals surface area (Å²) in [6.45, 7) is 1.82. The molecule has 0 atom stereocenters. The Labute approximate surface area is 120 Å². The molecule has 0 bridgehead atoms. The van der Waals surface area contributed by atoms with Crippen molar-refractivity contribution in [1.29, 1.82) is 0 Å². The van der Waals surface area contributed by atoms with E-state index in [1.54, 1.807) is 29.5 Å². The zero-order chi connectivity index (χ0) is 14.8. The standard InChI is InChI=1S/C14H13N5O2/c1-2-9(14(20)21)3-10-5-16-12-6-17-13(4-11(10)12)19-8-15-7-18-19/h3-8,16H,2H2,1H3,(H,20,21)/b9-3+. The van der Waals surface area contributed by atoms with Crippen LogP contribution >= 0.6 is 0 Å². The van der Waals surface area contributed by atoms with Crippen LogP contribution in [0.2, 0.25) is 0 Å². The summed E-state index contributed by atoms with van der Waals surface area (Å²) >= 11 is 0. The molecule has 7 heteroatoms. The van der Waals surface area contributed by atoms with Crippen molar-refractivity contribution in [2.75, 3.05) is 0 Å². The molecule has 0 amide bonds. The highest BCUT2D eigenvalue weighted by molar-refractivity contribution is 5.97. The summed E-state index contributed by atoms with van der Waals surface area (Å²) in [5.41, 5.74) is 2.01. The topological polar surface area (TPSA) is 96.7 Å². The summed E-state index contributed by atoms with van der Waals surface area (Å²) in [6.07, 6.45) is 8.59. The van der Waals surface area contributed by atoms with Crippen molar-refractivity contribution in [2.45, 2.75) is 13.3 Å². The van der Waals surface area contributed by atoms with E-state index in [9.17, 15) is 4.79 Å². The first-order valence-corrected chi connectivity index (χ1v) is 6.45. The van der Waals surface area contributed by atoms with Crippen LogP contribution in [0.5, 0.6) is 0 Å². The molecule has 21 heavy (non-hydrogen) atoms. The van der Waals surface area contributed by atoms with Crippen molar-refractivity contribution < 1.29 is 9.90 Å². The third kappa shape index (κ3) is 2.40. The van der Waals surface area contributed by atoms with E-state index in [4.69, 9.17) is 5.11 Å². The highest BCUT2D eigenvalue weighted by Gasteiger charge is 2.09. The van der Waals surface area contributed by atoms with Crippen molar-refractivity contribution in [2.24, 2.45) is 0 Å². The molecule has 0 unspecified atom stereocenters. The number of carboxylic acid groups (broad SMARTS) is 1. The monoisotopic (exact) mass is 283 g/mol. The van der Waals surface area contributed by atoms with Crippen LogP contribution in [0.25, 0.3) is 22.8 Å². The first kappa shape index (κ1) is 13.0. The molecule has 0 fully saturated rings. The summed E-state index contributed by atoms with van der Waals surface area (Å²) < 4.78 is 1.55.